The van der Waals surface area contributed by atoms with Gasteiger partial charge in [0.05, 0.1) is 23.9 Å². The summed E-state index contributed by atoms with van der Waals surface area (Å²) in [5.41, 5.74) is 1.21. The molecule has 0 unspecified atom stereocenters. The second-order valence-electron chi connectivity index (χ2n) is 10.8. The van der Waals surface area contributed by atoms with Gasteiger partial charge in [0, 0.05) is 23.3 Å². The van der Waals surface area contributed by atoms with E-state index >= 15 is 0 Å². The van der Waals surface area contributed by atoms with Crippen LogP contribution in [0.25, 0.3) is 0 Å². The molecule has 5 atom stereocenters. The Bertz CT molecular complexity index is 846. The largest absolute Gasteiger partial charge is 0.410 e. The van der Waals surface area contributed by atoms with Gasteiger partial charge in [0.25, 0.3) is 0 Å². The summed E-state index contributed by atoms with van der Waals surface area (Å²) in [6, 6.07) is 10.4. The van der Waals surface area contributed by atoms with E-state index in [-0.39, 0.29) is 23.0 Å². The van der Waals surface area contributed by atoms with Gasteiger partial charge in [-0.2, -0.15) is 0 Å². The molecule has 0 N–H and O–H groups in total. The zero-order valence-electron chi connectivity index (χ0n) is 21.3. The highest BCUT2D eigenvalue weighted by molar-refractivity contribution is 9.11. The predicted molar refractivity (Wildman–Crippen MR) is 158 cm³/mol. The summed E-state index contributed by atoms with van der Waals surface area (Å²) >= 11 is 8.15. The number of halogens is 1. The van der Waals surface area contributed by atoms with Crippen molar-refractivity contribution in [2.24, 2.45) is 23.7 Å². The van der Waals surface area contributed by atoms with Crippen LogP contribution < -0.4 is 0 Å². The van der Waals surface area contributed by atoms with Gasteiger partial charge in [-0.15, -0.1) is 36.7 Å². The van der Waals surface area contributed by atoms with Crippen molar-refractivity contribution in [1.82, 2.24) is 0 Å². The van der Waals surface area contributed by atoms with E-state index in [1.165, 1.54) is 21.6 Å². The summed E-state index contributed by atoms with van der Waals surface area (Å²) < 4.78 is 15.0. The van der Waals surface area contributed by atoms with E-state index in [0.717, 1.165) is 0 Å². The van der Waals surface area contributed by atoms with Crippen LogP contribution in [0.2, 0.25) is 18.1 Å². The van der Waals surface area contributed by atoms with E-state index < -0.39 is 8.32 Å². The maximum absolute atomic E-state index is 6.97. The molecular weight excluding hydrogens is 540 g/mol. The summed E-state index contributed by atoms with van der Waals surface area (Å²) in [6.07, 6.45) is 6.63. The summed E-state index contributed by atoms with van der Waals surface area (Å²) in [6.45, 7) is 21.4. The van der Waals surface area contributed by atoms with Gasteiger partial charge >= 0.3 is 0 Å². The molecule has 0 bridgehead atoms. The van der Waals surface area contributed by atoms with Crippen molar-refractivity contribution in [3.05, 3.63) is 71.8 Å². The number of hydrogen-bond acceptors (Lipinski definition) is 4. The maximum atomic E-state index is 6.97. The van der Waals surface area contributed by atoms with E-state index in [4.69, 9.17) is 9.16 Å². The molecule has 0 spiro atoms. The molecule has 6 heteroatoms. The highest BCUT2D eigenvalue weighted by atomic mass is 79.9. The quantitative estimate of drug-likeness (QED) is 0.204. The van der Waals surface area contributed by atoms with Crippen molar-refractivity contribution < 1.29 is 9.16 Å². The van der Waals surface area contributed by atoms with Gasteiger partial charge in [-0.1, -0.05) is 85.3 Å². The van der Waals surface area contributed by atoms with Gasteiger partial charge in [-0.3, -0.25) is 0 Å². The van der Waals surface area contributed by atoms with Crippen LogP contribution >= 0.6 is 39.5 Å². The van der Waals surface area contributed by atoms with Crippen molar-refractivity contribution in [2.45, 2.75) is 56.2 Å². The molecule has 1 aliphatic carbocycles. The smallest absolute Gasteiger partial charge is 0.192 e. The standard InChI is InChI=1S/C28H41BrO2S2Si/c1-8-21-23(19-30-18-20-13-11-10-12-14-20)24(29)17-22(26(21)27-32-15-16-33-27)25(9-2)31-34(6,7)28(3,4)5/h8-14,17,21-23,25-27H,1-2,15-16,18-19H2,3-7H3/t21-,22+,23-,25-,26+/m0/s1. The van der Waals surface area contributed by atoms with Crippen molar-refractivity contribution >= 4 is 47.8 Å². The Labute approximate surface area is 225 Å². The summed E-state index contributed by atoms with van der Waals surface area (Å²) in [5.74, 6) is 3.69. The monoisotopic (exact) mass is 580 g/mol. The minimum absolute atomic E-state index is 0.00567. The third-order valence-electron chi connectivity index (χ3n) is 7.55. The second-order valence-corrected chi connectivity index (χ2v) is 19.3. The number of benzene rings is 1. The van der Waals surface area contributed by atoms with Gasteiger partial charge in [0.2, 0.25) is 0 Å². The predicted octanol–water partition coefficient (Wildman–Crippen LogP) is 8.53. The molecule has 0 radical (unpaired) electrons. The SMILES string of the molecule is C=C[C@@H]1[C@@H](C2SCCS2)[C@@H]([C@H](C=C)O[Si](C)(C)C(C)(C)C)C=C(Br)[C@H]1COCc1ccccc1. The number of thioether (sulfide) groups is 2. The molecule has 0 saturated carbocycles. The fourth-order valence-electron chi connectivity index (χ4n) is 4.59. The normalized spacial score (nSPS) is 27.3. The van der Waals surface area contributed by atoms with E-state index in [2.05, 4.69) is 123 Å². The van der Waals surface area contributed by atoms with Crippen LogP contribution in [0.5, 0.6) is 0 Å². The van der Waals surface area contributed by atoms with Crippen molar-refractivity contribution in [2.75, 3.05) is 18.1 Å². The first-order valence-corrected chi connectivity index (χ1v) is 18.0. The average Bonchev–Trinajstić information content (AvgIpc) is 3.32. The first kappa shape index (κ1) is 28.3. The Hall–Kier alpha value is -0.243. The lowest BCUT2D eigenvalue weighted by Crippen LogP contribution is -2.49. The van der Waals surface area contributed by atoms with Crippen LogP contribution in [-0.2, 0) is 15.8 Å². The van der Waals surface area contributed by atoms with E-state index in [1.807, 2.05) is 12.1 Å². The summed E-state index contributed by atoms with van der Waals surface area (Å²) in [5, 5.41) is 0.155. The molecule has 1 fully saturated rings. The first-order valence-electron chi connectivity index (χ1n) is 12.2. The van der Waals surface area contributed by atoms with Gasteiger partial charge in [-0.25, -0.2) is 0 Å². The van der Waals surface area contributed by atoms with E-state index in [1.54, 1.807) is 0 Å². The van der Waals surface area contributed by atoms with Crippen LogP contribution in [0, 0.1) is 23.7 Å². The third-order valence-corrected chi connectivity index (χ3v) is 16.1. The van der Waals surface area contributed by atoms with Gasteiger partial charge in [0.15, 0.2) is 8.32 Å². The second kappa shape index (κ2) is 12.3. The Balaban J connectivity index is 1.87. The molecule has 188 valence electrons. The Morgan fingerprint density at radius 1 is 1.15 bits per heavy atom. The van der Waals surface area contributed by atoms with Crippen LogP contribution in [-0.4, -0.2) is 37.1 Å². The minimum Gasteiger partial charge on any atom is -0.410 e. The van der Waals surface area contributed by atoms with Crippen LogP contribution in [0.3, 0.4) is 0 Å². The Morgan fingerprint density at radius 3 is 2.35 bits per heavy atom. The molecule has 0 aromatic heterocycles. The lowest BCUT2D eigenvalue weighted by Gasteiger charge is -2.47. The highest BCUT2D eigenvalue weighted by Crippen LogP contribution is 2.53. The number of hydrogen-bond donors (Lipinski definition) is 0. The van der Waals surface area contributed by atoms with Crippen LogP contribution in [0.15, 0.2) is 66.2 Å². The van der Waals surface area contributed by atoms with Crippen LogP contribution in [0.4, 0.5) is 0 Å². The van der Waals surface area contributed by atoms with Crippen molar-refractivity contribution in [3.8, 4) is 0 Å². The number of rotatable bonds is 10. The van der Waals surface area contributed by atoms with Crippen molar-refractivity contribution in [1.29, 1.82) is 0 Å². The van der Waals surface area contributed by atoms with Gasteiger partial charge < -0.3 is 9.16 Å². The molecule has 1 saturated heterocycles. The number of allylic oxidation sites excluding steroid dienone is 1. The van der Waals surface area contributed by atoms with Gasteiger partial charge in [-0.05, 0) is 40.0 Å². The minimum atomic E-state index is -1.95. The molecule has 1 aromatic carbocycles. The Kier molecular flexibility index (Phi) is 10.3. The molecule has 1 heterocycles. The lowest BCUT2D eigenvalue weighted by molar-refractivity contribution is 0.0565. The Morgan fingerprint density at radius 2 is 1.79 bits per heavy atom. The zero-order valence-corrected chi connectivity index (χ0v) is 25.6. The number of ether oxygens (including phenoxy) is 1. The molecule has 34 heavy (non-hydrogen) atoms. The summed E-state index contributed by atoms with van der Waals surface area (Å²) in [7, 11) is -1.95. The van der Waals surface area contributed by atoms with Crippen LogP contribution in [0.1, 0.15) is 26.3 Å². The van der Waals surface area contributed by atoms with Gasteiger partial charge in [0.1, 0.15) is 0 Å². The fourth-order valence-corrected chi connectivity index (χ4v) is 9.99. The lowest BCUT2D eigenvalue weighted by atomic mass is 9.69. The third kappa shape index (κ3) is 6.74. The van der Waals surface area contributed by atoms with E-state index in [0.29, 0.717) is 29.6 Å². The molecule has 3 rings (SSSR count). The summed E-state index contributed by atoms with van der Waals surface area (Å²) in [4.78, 5) is 0. The average molecular weight is 582 g/mol. The molecular formula is C28H41BrO2S2Si. The fraction of sp³-hybridized carbons (Fsp3) is 0.571. The zero-order chi connectivity index (χ0) is 24.9. The molecule has 1 aromatic rings. The molecule has 1 aliphatic heterocycles. The molecule has 2 aliphatic rings. The topological polar surface area (TPSA) is 18.5 Å². The van der Waals surface area contributed by atoms with E-state index in [9.17, 15) is 0 Å². The highest BCUT2D eigenvalue weighted by Gasteiger charge is 2.48. The first-order chi connectivity index (χ1) is 16.1. The molecule has 2 nitrogen and oxygen atoms in total. The maximum Gasteiger partial charge on any atom is 0.192 e. The molecule has 0 amide bonds. The van der Waals surface area contributed by atoms with Crippen molar-refractivity contribution in [3.63, 3.8) is 0 Å².